The number of fused-ring (bicyclic) bond motifs is 5. The van der Waals surface area contributed by atoms with E-state index in [0.717, 1.165) is 54.9 Å². The van der Waals surface area contributed by atoms with Gasteiger partial charge in [0, 0.05) is 6.61 Å². The zero-order valence-corrected chi connectivity index (χ0v) is 19.8. The second-order valence-electron chi connectivity index (χ2n) is 12.2. The van der Waals surface area contributed by atoms with Crippen molar-refractivity contribution < 1.29 is 15.3 Å². The highest BCUT2D eigenvalue weighted by Gasteiger charge is 2.60. The van der Waals surface area contributed by atoms with Gasteiger partial charge in [-0.25, -0.2) is 0 Å². The molecule has 172 valence electrons. The lowest BCUT2D eigenvalue weighted by Gasteiger charge is -2.59. The van der Waals surface area contributed by atoms with Gasteiger partial charge in [-0.2, -0.15) is 0 Å². The fourth-order valence-electron chi connectivity index (χ4n) is 8.77. The van der Waals surface area contributed by atoms with Crippen LogP contribution in [0, 0.1) is 46.3 Å². The summed E-state index contributed by atoms with van der Waals surface area (Å²) in [5.74, 6) is 4.31. The summed E-state index contributed by atoms with van der Waals surface area (Å²) in [4.78, 5) is 0. The number of allylic oxidation sites excluding steroid dienone is 1. The average Bonchev–Trinajstić information content (AvgIpc) is 3.08. The molecule has 0 saturated heterocycles. The summed E-state index contributed by atoms with van der Waals surface area (Å²) in [5.41, 5.74) is 1.72. The van der Waals surface area contributed by atoms with E-state index in [1.54, 1.807) is 0 Å². The van der Waals surface area contributed by atoms with E-state index in [4.69, 9.17) is 0 Å². The summed E-state index contributed by atoms with van der Waals surface area (Å²) < 4.78 is 0. The Labute approximate surface area is 184 Å². The van der Waals surface area contributed by atoms with Gasteiger partial charge in [-0.1, -0.05) is 46.6 Å². The Morgan fingerprint density at radius 2 is 1.77 bits per heavy atom. The summed E-state index contributed by atoms with van der Waals surface area (Å²) in [7, 11) is 0. The molecule has 4 aliphatic carbocycles. The fourth-order valence-corrected chi connectivity index (χ4v) is 8.77. The molecule has 3 saturated carbocycles. The van der Waals surface area contributed by atoms with Crippen LogP contribution in [0.4, 0.5) is 0 Å². The van der Waals surface area contributed by atoms with E-state index in [1.807, 2.05) is 0 Å². The van der Waals surface area contributed by atoms with E-state index in [0.29, 0.717) is 23.9 Å². The van der Waals surface area contributed by atoms with Crippen molar-refractivity contribution in [2.24, 2.45) is 46.3 Å². The van der Waals surface area contributed by atoms with Crippen molar-refractivity contribution in [3.8, 4) is 0 Å². The standard InChI is InChI=1S/C27H46O3/c1-17(16-28)6-5-7-18(2)20-10-11-21-19-8-9-23-25(30)24(29)13-15-27(23,4)22(19)12-14-26(20,21)3/h9,17-22,24-25,28-30H,5-8,10-16H2,1-4H3/t17?,18-,19+,20-,21+,22+,24+,25-,26-,27-/m1/s1. The van der Waals surface area contributed by atoms with Crippen molar-refractivity contribution in [2.75, 3.05) is 6.61 Å². The molecule has 0 spiro atoms. The zero-order valence-electron chi connectivity index (χ0n) is 19.8. The molecular weight excluding hydrogens is 372 g/mol. The van der Waals surface area contributed by atoms with Crippen molar-refractivity contribution in [1.82, 2.24) is 0 Å². The molecule has 0 bridgehead atoms. The molecule has 3 heteroatoms. The summed E-state index contributed by atoms with van der Waals surface area (Å²) in [6, 6.07) is 0. The third-order valence-corrected chi connectivity index (χ3v) is 10.6. The van der Waals surface area contributed by atoms with Crippen LogP contribution in [-0.4, -0.2) is 34.1 Å². The Balaban J connectivity index is 1.48. The average molecular weight is 419 g/mol. The lowest BCUT2D eigenvalue weighted by atomic mass is 9.46. The smallest absolute Gasteiger partial charge is 0.101 e. The largest absolute Gasteiger partial charge is 0.396 e. The van der Waals surface area contributed by atoms with Crippen LogP contribution in [0.3, 0.4) is 0 Å². The predicted octanol–water partition coefficient (Wildman–Crippen LogP) is 5.33. The topological polar surface area (TPSA) is 60.7 Å². The Hall–Kier alpha value is -0.380. The molecule has 1 unspecified atom stereocenters. The quantitative estimate of drug-likeness (QED) is 0.511. The monoisotopic (exact) mass is 418 g/mol. The van der Waals surface area contributed by atoms with Crippen LogP contribution in [0.1, 0.15) is 91.9 Å². The molecule has 3 N–H and O–H groups in total. The third kappa shape index (κ3) is 3.61. The van der Waals surface area contributed by atoms with Crippen molar-refractivity contribution in [1.29, 1.82) is 0 Å². The molecule has 0 aromatic carbocycles. The maximum Gasteiger partial charge on any atom is 0.101 e. The number of hydrogen-bond donors (Lipinski definition) is 3. The SMILES string of the molecule is CC(CO)CCC[C@@H](C)[C@H]1CC[C@H]2[C@@H]3CC=C4[C@@H](O)[C@@H](O)CC[C@]4(C)[C@H]3CC[C@]12C. The molecule has 30 heavy (non-hydrogen) atoms. The van der Waals surface area contributed by atoms with E-state index >= 15 is 0 Å². The Morgan fingerprint density at radius 3 is 2.50 bits per heavy atom. The highest BCUT2D eigenvalue weighted by molar-refractivity contribution is 5.29. The van der Waals surface area contributed by atoms with Crippen molar-refractivity contribution >= 4 is 0 Å². The Kier molecular flexibility index (Phi) is 6.48. The molecule has 0 amide bonds. The van der Waals surface area contributed by atoms with Gasteiger partial charge >= 0.3 is 0 Å². The molecule has 3 fully saturated rings. The summed E-state index contributed by atoms with van der Waals surface area (Å²) >= 11 is 0. The van der Waals surface area contributed by atoms with Gasteiger partial charge in [0.05, 0.1) is 6.10 Å². The van der Waals surface area contributed by atoms with Crippen molar-refractivity contribution in [3.63, 3.8) is 0 Å². The first-order chi connectivity index (χ1) is 14.2. The lowest BCUT2D eigenvalue weighted by molar-refractivity contribution is -0.0801. The zero-order chi connectivity index (χ0) is 21.7. The second-order valence-corrected chi connectivity index (χ2v) is 12.2. The summed E-state index contributed by atoms with van der Waals surface area (Å²) in [6.45, 7) is 9.98. The minimum absolute atomic E-state index is 0.0903. The molecule has 4 rings (SSSR count). The van der Waals surface area contributed by atoms with Gasteiger partial charge in [-0.05, 0) is 103 Å². The second kappa shape index (κ2) is 8.52. The molecule has 3 nitrogen and oxygen atoms in total. The van der Waals surface area contributed by atoms with E-state index in [1.165, 1.54) is 38.5 Å². The summed E-state index contributed by atoms with van der Waals surface area (Å²) in [5, 5.41) is 30.2. The number of hydrogen-bond acceptors (Lipinski definition) is 3. The first-order valence-corrected chi connectivity index (χ1v) is 12.9. The van der Waals surface area contributed by atoms with E-state index in [-0.39, 0.29) is 5.41 Å². The van der Waals surface area contributed by atoms with E-state index in [2.05, 4.69) is 33.8 Å². The molecule has 0 aromatic rings. The molecule has 0 radical (unpaired) electrons. The normalized spacial score (nSPS) is 47.6. The van der Waals surface area contributed by atoms with Crippen LogP contribution < -0.4 is 0 Å². The Bertz CT molecular complexity index is 644. The highest BCUT2D eigenvalue weighted by Crippen LogP contribution is 2.67. The van der Waals surface area contributed by atoms with Gasteiger partial charge in [-0.15, -0.1) is 0 Å². The van der Waals surface area contributed by atoms with Gasteiger partial charge in [0.25, 0.3) is 0 Å². The predicted molar refractivity (Wildman–Crippen MR) is 122 cm³/mol. The van der Waals surface area contributed by atoms with Gasteiger partial charge in [0.1, 0.15) is 6.10 Å². The third-order valence-electron chi connectivity index (χ3n) is 10.6. The van der Waals surface area contributed by atoms with Gasteiger partial charge < -0.3 is 15.3 Å². The van der Waals surface area contributed by atoms with Crippen LogP contribution in [0.5, 0.6) is 0 Å². The summed E-state index contributed by atoms with van der Waals surface area (Å²) in [6.07, 6.45) is 13.1. The maximum absolute atomic E-state index is 10.7. The van der Waals surface area contributed by atoms with Crippen LogP contribution in [0.15, 0.2) is 11.6 Å². The molecule has 10 atom stereocenters. The van der Waals surface area contributed by atoms with E-state index in [9.17, 15) is 15.3 Å². The first kappa shape index (κ1) is 22.8. The van der Waals surface area contributed by atoms with Gasteiger partial charge in [0.2, 0.25) is 0 Å². The van der Waals surface area contributed by atoms with E-state index < -0.39 is 12.2 Å². The molecule has 0 aromatic heterocycles. The molecule has 0 aliphatic heterocycles. The Morgan fingerprint density at radius 1 is 1.00 bits per heavy atom. The van der Waals surface area contributed by atoms with Gasteiger partial charge in [0.15, 0.2) is 0 Å². The van der Waals surface area contributed by atoms with Crippen LogP contribution >= 0.6 is 0 Å². The molecular formula is C27H46O3. The van der Waals surface area contributed by atoms with Crippen LogP contribution in [0.25, 0.3) is 0 Å². The van der Waals surface area contributed by atoms with Crippen LogP contribution in [0.2, 0.25) is 0 Å². The molecule has 4 aliphatic rings. The highest BCUT2D eigenvalue weighted by atomic mass is 16.3. The number of rotatable bonds is 6. The first-order valence-electron chi connectivity index (χ1n) is 12.9. The number of aliphatic hydroxyl groups excluding tert-OH is 3. The van der Waals surface area contributed by atoms with Crippen LogP contribution in [-0.2, 0) is 0 Å². The van der Waals surface area contributed by atoms with Crippen molar-refractivity contribution in [2.45, 2.75) is 104 Å². The molecule has 0 heterocycles. The fraction of sp³-hybridized carbons (Fsp3) is 0.926. The van der Waals surface area contributed by atoms with Crippen molar-refractivity contribution in [3.05, 3.63) is 11.6 Å². The lowest BCUT2D eigenvalue weighted by Crippen LogP contribution is -2.53. The number of aliphatic hydroxyl groups is 3. The maximum atomic E-state index is 10.7. The minimum atomic E-state index is -0.643. The minimum Gasteiger partial charge on any atom is -0.396 e. The van der Waals surface area contributed by atoms with Gasteiger partial charge in [-0.3, -0.25) is 0 Å².